The lowest BCUT2D eigenvalue weighted by molar-refractivity contribution is -0.114. The van der Waals surface area contributed by atoms with Crippen LogP contribution in [0.25, 0.3) is 27.3 Å². The third-order valence-corrected chi connectivity index (χ3v) is 3.03. The van der Waals surface area contributed by atoms with Crippen molar-refractivity contribution < 1.29 is 4.79 Å². The molecule has 1 N–H and O–H groups in total. The minimum atomic E-state index is -0.291. The van der Waals surface area contributed by atoms with Gasteiger partial charge in [-0.1, -0.05) is 11.2 Å². The number of fused-ring (bicyclic) bond motifs is 3. The molecule has 3 heterocycles. The summed E-state index contributed by atoms with van der Waals surface area (Å²) in [5.41, 5.74) is 11.8. The zero-order valence-corrected chi connectivity index (χ0v) is 11.4. The fourth-order valence-electron chi connectivity index (χ4n) is 2.16. The van der Waals surface area contributed by atoms with Crippen LogP contribution in [0.4, 0.5) is 11.5 Å². The molecule has 0 spiro atoms. The molecule has 8 nitrogen and oxygen atoms in total. The number of pyridine rings is 2. The highest BCUT2D eigenvalue weighted by Crippen LogP contribution is 2.28. The van der Waals surface area contributed by atoms with E-state index in [2.05, 4.69) is 25.3 Å². The van der Waals surface area contributed by atoms with Gasteiger partial charge in [0.25, 0.3) is 0 Å². The molecule has 8 heteroatoms. The third kappa shape index (κ3) is 2.13. The van der Waals surface area contributed by atoms with Crippen LogP contribution in [0, 0.1) is 6.92 Å². The number of hydrogen-bond acceptors (Lipinski definition) is 4. The van der Waals surface area contributed by atoms with Gasteiger partial charge in [0, 0.05) is 18.0 Å². The second kappa shape index (κ2) is 4.77. The Bertz CT molecular complexity index is 921. The monoisotopic (exact) mass is 281 g/mol. The van der Waals surface area contributed by atoms with Gasteiger partial charge in [0.15, 0.2) is 5.65 Å². The fraction of sp³-hybridized carbons (Fsp3) is 0.154. The van der Waals surface area contributed by atoms with Crippen LogP contribution in [0.5, 0.6) is 0 Å². The van der Waals surface area contributed by atoms with Gasteiger partial charge in [0.2, 0.25) is 5.91 Å². The zero-order valence-electron chi connectivity index (χ0n) is 11.4. The number of hydrogen-bond donors (Lipinski definition) is 1. The summed E-state index contributed by atoms with van der Waals surface area (Å²) in [6.45, 7) is 3.31. The predicted octanol–water partition coefficient (Wildman–Crippen LogP) is 3.09. The van der Waals surface area contributed by atoms with Crippen LogP contribution in [-0.4, -0.2) is 20.3 Å². The van der Waals surface area contributed by atoms with Crippen LogP contribution >= 0.6 is 0 Å². The second-order valence-corrected chi connectivity index (χ2v) is 4.57. The van der Waals surface area contributed by atoms with Crippen molar-refractivity contribution >= 4 is 34.2 Å². The largest absolute Gasteiger partial charge is 0.310 e. The molecule has 0 bridgehead atoms. The molecule has 0 aliphatic carbocycles. The molecule has 0 aliphatic rings. The van der Waals surface area contributed by atoms with E-state index in [0.29, 0.717) is 11.2 Å². The van der Waals surface area contributed by atoms with Gasteiger partial charge in [-0.2, -0.15) is 0 Å². The van der Waals surface area contributed by atoms with Gasteiger partial charge in [-0.3, -0.25) is 9.20 Å². The van der Waals surface area contributed by atoms with Crippen LogP contribution in [0.2, 0.25) is 0 Å². The van der Waals surface area contributed by atoms with Crippen LogP contribution in [0.3, 0.4) is 0 Å². The maximum Gasteiger partial charge on any atom is 0.222 e. The van der Waals surface area contributed by atoms with Crippen molar-refractivity contribution in [2.24, 2.45) is 5.11 Å². The number of carbonyl (C=O) groups excluding carboxylic acids is 1. The molecular formula is C13H11N7O. The van der Waals surface area contributed by atoms with Crippen molar-refractivity contribution in [3.8, 4) is 0 Å². The Morgan fingerprint density at radius 2 is 2.24 bits per heavy atom. The molecule has 0 aliphatic heterocycles. The number of azide groups is 1. The van der Waals surface area contributed by atoms with Crippen LogP contribution < -0.4 is 5.32 Å². The molecule has 0 radical (unpaired) electrons. The lowest BCUT2D eigenvalue weighted by Crippen LogP contribution is -2.07. The Kier molecular flexibility index (Phi) is 2.93. The summed E-state index contributed by atoms with van der Waals surface area (Å²) >= 11 is 0. The van der Waals surface area contributed by atoms with E-state index in [1.165, 1.54) is 6.92 Å². The number of carbonyl (C=O) groups is 1. The fourth-order valence-corrected chi connectivity index (χ4v) is 2.16. The number of anilines is 1. The van der Waals surface area contributed by atoms with Crippen molar-refractivity contribution in [1.82, 2.24) is 14.4 Å². The van der Waals surface area contributed by atoms with Crippen molar-refractivity contribution in [3.63, 3.8) is 0 Å². The van der Waals surface area contributed by atoms with Crippen LogP contribution in [0.15, 0.2) is 29.5 Å². The second-order valence-electron chi connectivity index (χ2n) is 4.57. The standard InChI is InChI=1S/C13H11N7O/c1-7-4-3-5-20-12(7)16-10-6-9(18-19-14)11(15-8(2)21)17-13(10)20/h3-6H,1-2H3,(H,15,17,21). The van der Waals surface area contributed by atoms with E-state index in [1.807, 2.05) is 29.7 Å². The first-order valence-corrected chi connectivity index (χ1v) is 6.21. The number of nitrogens with zero attached hydrogens (tertiary/aromatic N) is 6. The van der Waals surface area contributed by atoms with E-state index in [9.17, 15) is 4.79 Å². The van der Waals surface area contributed by atoms with Gasteiger partial charge in [-0.05, 0) is 30.2 Å². The predicted molar refractivity (Wildman–Crippen MR) is 78.3 cm³/mol. The average Bonchev–Trinajstić information content (AvgIpc) is 2.78. The smallest absolute Gasteiger partial charge is 0.222 e. The molecule has 0 aromatic carbocycles. The number of amides is 1. The molecule has 3 rings (SSSR count). The molecule has 0 unspecified atom stereocenters. The molecule has 21 heavy (non-hydrogen) atoms. The lowest BCUT2D eigenvalue weighted by Gasteiger charge is -2.05. The highest BCUT2D eigenvalue weighted by molar-refractivity contribution is 5.93. The lowest BCUT2D eigenvalue weighted by atomic mass is 10.3. The van der Waals surface area contributed by atoms with Crippen molar-refractivity contribution in [3.05, 3.63) is 40.4 Å². The van der Waals surface area contributed by atoms with Gasteiger partial charge in [0.1, 0.15) is 17.0 Å². The Morgan fingerprint density at radius 3 is 2.95 bits per heavy atom. The molecule has 0 saturated heterocycles. The first-order valence-electron chi connectivity index (χ1n) is 6.21. The first-order chi connectivity index (χ1) is 10.1. The van der Waals surface area contributed by atoms with Gasteiger partial charge in [-0.15, -0.1) is 0 Å². The summed E-state index contributed by atoms with van der Waals surface area (Å²) in [6, 6.07) is 5.45. The summed E-state index contributed by atoms with van der Waals surface area (Å²) in [7, 11) is 0. The summed E-state index contributed by atoms with van der Waals surface area (Å²) in [5.74, 6) is -0.0719. The quantitative estimate of drug-likeness (QED) is 0.443. The van der Waals surface area contributed by atoms with Gasteiger partial charge in [-0.25, -0.2) is 9.97 Å². The third-order valence-electron chi connectivity index (χ3n) is 3.03. The first kappa shape index (κ1) is 12.9. The van der Waals surface area contributed by atoms with E-state index in [4.69, 9.17) is 5.53 Å². The normalized spacial score (nSPS) is 10.6. The molecule has 0 atom stereocenters. The molecule has 0 saturated carbocycles. The maximum atomic E-state index is 11.3. The molecule has 1 amide bonds. The maximum absolute atomic E-state index is 11.3. The number of nitrogens with one attached hydrogen (secondary N) is 1. The number of aryl methyl sites for hydroxylation is 1. The highest BCUT2D eigenvalue weighted by atomic mass is 16.1. The average molecular weight is 281 g/mol. The minimum absolute atomic E-state index is 0.219. The zero-order chi connectivity index (χ0) is 15.0. The summed E-state index contributed by atoms with van der Waals surface area (Å²) in [5, 5.41) is 6.12. The van der Waals surface area contributed by atoms with Crippen LogP contribution in [-0.2, 0) is 4.79 Å². The van der Waals surface area contributed by atoms with Gasteiger partial charge < -0.3 is 5.32 Å². The Hall–Kier alpha value is -3.12. The van der Waals surface area contributed by atoms with E-state index < -0.39 is 0 Å². The molecule has 3 aromatic rings. The molecule has 3 aromatic heterocycles. The van der Waals surface area contributed by atoms with E-state index in [-0.39, 0.29) is 17.4 Å². The Labute approximate surface area is 119 Å². The number of imidazole rings is 1. The summed E-state index contributed by atoms with van der Waals surface area (Å²) < 4.78 is 1.83. The Morgan fingerprint density at radius 1 is 1.43 bits per heavy atom. The van der Waals surface area contributed by atoms with Gasteiger partial charge in [0.05, 0.1) is 5.69 Å². The van der Waals surface area contributed by atoms with E-state index in [0.717, 1.165) is 11.2 Å². The van der Waals surface area contributed by atoms with Crippen molar-refractivity contribution in [2.45, 2.75) is 13.8 Å². The molecule has 104 valence electrons. The topological polar surface area (TPSA) is 108 Å². The number of aromatic nitrogens is 3. The summed E-state index contributed by atoms with van der Waals surface area (Å²) in [4.78, 5) is 22.9. The molecular weight excluding hydrogens is 270 g/mol. The SMILES string of the molecule is CC(=O)Nc1nc2c(cc1N=[N+]=[N-])nc1c(C)cccn12. The van der Waals surface area contributed by atoms with Crippen molar-refractivity contribution in [2.75, 3.05) is 5.32 Å². The van der Waals surface area contributed by atoms with E-state index >= 15 is 0 Å². The number of rotatable bonds is 2. The van der Waals surface area contributed by atoms with Crippen LogP contribution in [0.1, 0.15) is 12.5 Å². The Balaban J connectivity index is 2.37. The summed E-state index contributed by atoms with van der Waals surface area (Å²) in [6.07, 6.45) is 1.84. The van der Waals surface area contributed by atoms with E-state index in [1.54, 1.807) is 6.07 Å². The van der Waals surface area contributed by atoms with Crippen molar-refractivity contribution in [1.29, 1.82) is 0 Å². The minimum Gasteiger partial charge on any atom is -0.310 e. The molecule has 0 fully saturated rings. The van der Waals surface area contributed by atoms with Gasteiger partial charge >= 0.3 is 0 Å². The highest BCUT2D eigenvalue weighted by Gasteiger charge is 2.12.